The van der Waals surface area contributed by atoms with Crippen LogP contribution in [-0.4, -0.2) is 10.7 Å². The molecular weight excluding hydrogens is 364 g/mol. The smallest absolute Gasteiger partial charge is 0.222 e. The summed E-state index contributed by atoms with van der Waals surface area (Å²) >= 11 is 7.96. The van der Waals surface area contributed by atoms with Crippen molar-refractivity contribution in [1.82, 2.24) is 5.01 Å². The maximum Gasteiger partial charge on any atom is 0.222 e. The number of rotatable bonds is 2. The van der Waals surface area contributed by atoms with Crippen LogP contribution in [0.2, 0.25) is 5.02 Å². The number of halogens is 1. The van der Waals surface area contributed by atoms with Crippen molar-refractivity contribution in [1.29, 1.82) is 0 Å². The van der Waals surface area contributed by atoms with E-state index in [0.717, 1.165) is 33.3 Å². The van der Waals surface area contributed by atoms with Crippen LogP contribution >= 0.6 is 22.9 Å². The van der Waals surface area contributed by atoms with E-state index >= 15 is 0 Å². The largest absolute Gasteiger partial charge is 0.464 e. The van der Waals surface area contributed by atoms with Crippen molar-refractivity contribution in [3.63, 3.8) is 0 Å². The Morgan fingerprint density at radius 2 is 2.00 bits per heavy atom. The number of hydrazone groups is 1. The van der Waals surface area contributed by atoms with Crippen LogP contribution in [0.25, 0.3) is 0 Å². The quantitative estimate of drug-likeness (QED) is 0.548. The van der Waals surface area contributed by atoms with Crippen LogP contribution in [0.3, 0.4) is 0 Å². The number of aryl methyl sites for hydroxylation is 1. The SMILES string of the molecule is Cc1ccc(C2=NN3[C@@H](c4cccs4)Oc4ccc(Cl)cc4[C@@H]3C2)cc1. The van der Waals surface area contributed by atoms with Gasteiger partial charge in [0.05, 0.1) is 16.6 Å². The Morgan fingerprint density at radius 1 is 1.15 bits per heavy atom. The fourth-order valence-electron chi connectivity index (χ4n) is 3.60. The van der Waals surface area contributed by atoms with Crippen LogP contribution < -0.4 is 4.74 Å². The van der Waals surface area contributed by atoms with Crippen LogP contribution in [0.15, 0.2) is 65.1 Å². The third-order valence-corrected chi connectivity index (χ3v) is 6.06. The van der Waals surface area contributed by atoms with Crippen molar-refractivity contribution >= 4 is 28.6 Å². The molecule has 0 N–H and O–H groups in total. The number of fused-ring (bicyclic) bond motifs is 3. The lowest BCUT2D eigenvalue weighted by Crippen LogP contribution is -2.33. The van der Waals surface area contributed by atoms with Crippen molar-refractivity contribution < 1.29 is 4.74 Å². The Kier molecular flexibility index (Phi) is 3.76. The third-order valence-electron chi connectivity index (χ3n) is 4.92. The summed E-state index contributed by atoms with van der Waals surface area (Å²) in [7, 11) is 0. The first-order valence-electron chi connectivity index (χ1n) is 8.61. The lowest BCUT2D eigenvalue weighted by Gasteiger charge is -2.37. The first-order chi connectivity index (χ1) is 12.7. The summed E-state index contributed by atoms with van der Waals surface area (Å²) in [5.41, 5.74) is 4.62. The fourth-order valence-corrected chi connectivity index (χ4v) is 4.52. The Hall–Kier alpha value is -2.30. The van der Waals surface area contributed by atoms with E-state index in [-0.39, 0.29) is 12.3 Å². The molecule has 2 aliphatic heterocycles. The molecule has 2 atom stereocenters. The summed E-state index contributed by atoms with van der Waals surface area (Å²) in [6, 6.07) is 18.7. The van der Waals surface area contributed by atoms with Gasteiger partial charge in [0, 0.05) is 17.0 Å². The summed E-state index contributed by atoms with van der Waals surface area (Å²) in [5.74, 6) is 0.898. The fraction of sp³-hybridized carbons (Fsp3) is 0.190. The van der Waals surface area contributed by atoms with E-state index < -0.39 is 0 Å². The van der Waals surface area contributed by atoms with E-state index in [1.807, 2.05) is 18.2 Å². The zero-order valence-corrected chi connectivity index (χ0v) is 15.8. The summed E-state index contributed by atoms with van der Waals surface area (Å²) in [6.07, 6.45) is 0.651. The molecular formula is C21H17ClN2OS. The third kappa shape index (κ3) is 2.61. The molecule has 2 aliphatic rings. The van der Waals surface area contributed by atoms with Gasteiger partial charge in [-0.05, 0) is 42.1 Å². The van der Waals surface area contributed by atoms with E-state index in [4.69, 9.17) is 21.4 Å². The molecule has 0 fully saturated rings. The van der Waals surface area contributed by atoms with Crippen LogP contribution in [0.1, 0.15) is 40.3 Å². The monoisotopic (exact) mass is 380 g/mol. The second-order valence-corrected chi connectivity index (χ2v) is 8.10. The molecule has 3 heterocycles. The second-order valence-electron chi connectivity index (χ2n) is 6.68. The molecule has 0 aliphatic carbocycles. The van der Waals surface area contributed by atoms with Gasteiger partial charge in [-0.2, -0.15) is 5.10 Å². The molecule has 1 aromatic heterocycles. The van der Waals surface area contributed by atoms with Crippen LogP contribution in [0.4, 0.5) is 0 Å². The highest BCUT2D eigenvalue weighted by Crippen LogP contribution is 2.48. The zero-order valence-electron chi connectivity index (χ0n) is 14.2. The summed E-state index contributed by atoms with van der Waals surface area (Å²) in [5, 5.41) is 9.86. The summed E-state index contributed by atoms with van der Waals surface area (Å²) in [4.78, 5) is 1.16. The Morgan fingerprint density at radius 3 is 2.77 bits per heavy atom. The standard InChI is InChI=1S/C21H17ClN2OS/c1-13-4-6-14(7-5-13)17-12-18-16-11-15(22)8-9-19(16)25-21(24(18)23-17)20-3-2-10-26-20/h2-11,18,21H,12H2,1H3/t18-,21+/m0/s1. The Bertz CT molecular complexity index is 982. The molecule has 0 radical (unpaired) electrons. The van der Waals surface area contributed by atoms with Crippen molar-refractivity contribution in [2.75, 3.05) is 0 Å². The number of benzene rings is 2. The van der Waals surface area contributed by atoms with Gasteiger partial charge in [-0.15, -0.1) is 11.3 Å². The van der Waals surface area contributed by atoms with E-state index in [9.17, 15) is 0 Å². The van der Waals surface area contributed by atoms with Gasteiger partial charge >= 0.3 is 0 Å². The maximum atomic E-state index is 6.32. The molecule has 5 rings (SSSR count). The molecule has 0 saturated heterocycles. The van der Waals surface area contributed by atoms with E-state index in [2.05, 4.69) is 53.7 Å². The number of nitrogens with zero attached hydrogens (tertiary/aromatic N) is 2. The van der Waals surface area contributed by atoms with Gasteiger partial charge in [0.1, 0.15) is 5.75 Å². The second kappa shape index (κ2) is 6.15. The van der Waals surface area contributed by atoms with Crippen molar-refractivity contribution in [2.24, 2.45) is 5.10 Å². The van der Waals surface area contributed by atoms with Gasteiger partial charge in [-0.3, -0.25) is 0 Å². The summed E-state index contributed by atoms with van der Waals surface area (Å²) < 4.78 is 6.32. The number of thiophene rings is 1. The lowest BCUT2D eigenvalue weighted by atomic mass is 9.96. The topological polar surface area (TPSA) is 24.8 Å². The first kappa shape index (κ1) is 15.9. The predicted molar refractivity (Wildman–Crippen MR) is 106 cm³/mol. The highest BCUT2D eigenvalue weighted by atomic mass is 35.5. The minimum absolute atomic E-state index is 0.140. The minimum Gasteiger partial charge on any atom is -0.464 e. The van der Waals surface area contributed by atoms with E-state index in [1.165, 1.54) is 11.1 Å². The van der Waals surface area contributed by atoms with Gasteiger partial charge in [0.15, 0.2) is 0 Å². The molecule has 2 aromatic carbocycles. The molecule has 130 valence electrons. The maximum absolute atomic E-state index is 6.32. The van der Waals surface area contributed by atoms with E-state index in [1.54, 1.807) is 11.3 Å². The van der Waals surface area contributed by atoms with E-state index in [0.29, 0.717) is 0 Å². The number of ether oxygens (including phenoxy) is 1. The normalized spacial score (nSPS) is 21.0. The van der Waals surface area contributed by atoms with Crippen molar-refractivity contribution in [3.05, 3.63) is 86.6 Å². The molecule has 0 saturated carbocycles. The van der Waals surface area contributed by atoms with Gasteiger partial charge in [0.2, 0.25) is 6.23 Å². The molecule has 5 heteroatoms. The van der Waals surface area contributed by atoms with Gasteiger partial charge < -0.3 is 4.74 Å². The average Bonchev–Trinajstić information content (AvgIpc) is 3.32. The van der Waals surface area contributed by atoms with Gasteiger partial charge in [-0.1, -0.05) is 47.5 Å². The first-order valence-corrected chi connectivity index (χ1v) is 9.87. The molecule has 0 unspecified atom stereocenters. The molecule has 0 spiro atoms. The number of hydrogen-bond donors (Lipinski definition) is 0. The molecule has 0 amide bonds. The van der Waals surface area contributed by atoms with Crippen LogP contribution in [0.5, 0.6) is 5.75 Å². The van der Waals surface area contributed by atoms with Crippen molar-refractivity contribution in [2.45, 2.75) is 25.6 Å². The van der Waals surface area contributed by atoms with Crippen molar-refractivity contribution in [3.8, 4) is 5.75 Å². The van der Waals surface area contributed by atoms with Gasteiger partial charge in [0.25, 0.3) is 0 Å². The lowest BCUT2D eigenvalue weighted by molar-refractivity contribution is -0.0165. The molecule has 26 heavy (non-hydrogen) atoms. The van der Waals surface area contributed by atoms with Gasteiger partial charge in [-0.25, -0.2) is 5.01 Å². The Labute approximate surface area is 161 Å². The Balaban J connectivity index is 1.60. The number of hydrogen-bond acceptors (Lipinski definition) is 4. The minimum atomic E-state index is -0.198. The molecule has 0 bridgehead atoms. The summed E-state index contributed by atoms with van der Waals surface area (Å²) in [6.45, 7) is 2.10. The molecule has 3 aromatic rings. The molecule has 3 nitrogen and oxygen atoms in total. The zero-order chi connectivity index (χ0) is 17.7. The highest BCUT2D eigenvalue weighted by Gasteiger charge is 2.41. The van der Waals surface area contributed by atoms with Crippen LogP contribution in [0, 0.1) is 6.92 Å². The average molecular weight is 381 g/mol. The van der Waals surface area contributed by atoms with Crippen LogP contribution in [-0.2, 0) is 0 Å². The highest BCUT2D eigenvalue weighted by molar-refractivity contribution is 7.10. The predicted octanol–water partition coefficient (Wildman–Crippen LogP) is 5.95.